The maximum Gasteiger partial charge on any atom is 0.407 e. The monoisotopic (exact) mass is 451 g/mol. The first-order valence-corrected chi connectivity index (χ1v) is 10.4. The maximum atomic E-state index is 12.4. The molecule has 0 fully saturated rings. The second-order valence-electron chi connectivity index (χ2n) is 7.43. The van der Waals surface area contributed by atoms with E-state index in [4.69, 9.17) is 9.84 Å². The van der Waals surface area contributed by atoms with Gasteiger partial charge in [-0.05, 0) is 22.3 Å². The maximum absolute atomic E-state index is 12.4. The van der Waals surface area contributed by atoms with Crippen molar-refractivity contribution < 1.29 is 29.0 Å². The fraction of sp³-hybridized carbons (Fsp3) is 0.250. The van der Waals surface area contributed by atoms with E-state index in [-0.39, 0.29) is 25.6 Å². The van der Waals surface area contributed by atoms with E-state index in [2.05, 4.69) is 22.5 Å². The third kappa shape index (κ3) is 5.97. The summed E-state index contributed by atoms with van der Waals surface area (Å²) in [5, 5.41) is 16.2. The molecule has 0 spiro atoms. The first-order chi connectivity index (χ1) is 15.9. The summed E-state index contributed by atoms with van der Waals surface area (Å²) in [6, 6.07) is 14.3. The van der Waals surface area contributed by atoms with Crippen LogP contribution in [0.5, 0.6) is 0 Å². The second kappa shape index (κ2) is 10.9. The van der Waals surface area contributed by atoms with E-state index >= 15 is 0 Å². The number of ether oxygens (including phenoxy) is 1. The van der Waals surface area contributed by atoms with Crippen LogP contribution in [0.15, 0.2) is 61.2 Å². The molecule has 9 heteroatoms. The molecule has 1 atom stereocenters. The Bertz CT molecular complexity index is 1020. The zero-order chi connectivity index (χ0) is 23.8. The zero-order valence-electron chi connectivity index (χ0n) is 17.9. The Morgan fingerprint density at radius 3 is 2.18 bits per heavy atom. The lowest BCUT2D eigenvalue weighted by molar-refractivity contribution is -0.139. The minimum Gasteiger partial charge on any atom is -0.481 e. The first kappa shape index (κ1) is 23.5. The standard InChI is InChI=1S/C24H25N3O6/c1-2-11-25-21(28)13-26-23(31)20(12-22(29)30)27-24(32)33-14-19-17-9-5-3-7-15(17)16-8-4-6-10-18(16)19/h2-10,19-20H,1,11-14H2,(H,25,28)(H,26,31)(H,27,32)(H,29,30). The largest absolute Gasteiger partial charge is 0.481 e. The molecular weight excluding hydrogens is 426 g/mol. The summed E-state index contributed by atoms with van der Waals surface area (Å²) in [5.74, 6) is -2.74. The fourth-order valence-corrected chi connectivity index (χ4v) is 3.71. The van der Waals surface area contributed by atoms with Crippen LogP contribution in [0.3, 0.4) is 0 Å². The van der Waals surface area contributed by atoms with Gasteiger partial charge in [-0.3, -0.25) is 14.4 Å². The van der Waals surface area contributed by atoms with Crippen molar-refractivity contribution in [2.24, 2.45) is 0 Å². The van der Waals surface area contributed by atoms with Crippen molar-refractivity contribution in [1.82, 2.24) is 16.0 Å². The van der Waals surface area contributed by atoms with Crippen molar-refractivity contribution in [3.63, 3.8) is 0 Å². The predicted octanol–water partition coefficient (Wildman–Crippen LogP) is 1.79. The van der Waals surface area contributed by atoms with Gasteiger partial charge in [0.1, 0.15) is 12.6 Å². The van der Waals surface area contributed by atoms with Crippen LogP contribution in [0, 0.1) is 0 Å². The van der Waals surface area contributed by atoms with Gasteiger partial charge in [-0.1, -0.05) is 54.6 Å². The highest BCUT2D eigenvalue weighted by Gasteiger charge is 2.30. The third-order valence-electron chi connectivity index (χ3n) is 5.20. The molecule has 9 nitrogen and oxygen atoms in total. The van der Waals surface area contributed by atoms with E-state index in [1.165, 1.54) is 6.08 Å². The van der Waals surface area contributed by atoms with Crippen molar-refractivity contribution in [3.05, 3.63) is 72.3 Å². The second-order valence-corrected chi connectivity index (χ2v) is 7.43. The Morgan fingerprint density at radius 2 is 1.61 bits per heavy atom. The summed E-state index contributed by atoms with van der Waals surface area (Å²) in [4.78, 5) is 47.5. The van der Waals surface area contributed by atoms with Gasteiger partial charge in [-0.15, -0.1) is 6.58 Å². The molecule has 2 aromatic carbocycles. The molecule has 0 saturated heterocycles. The van der Waals surface area contributed by atoms with Crippen LogP contribution in [0.1, 0.15) is 23.5 Å². The number of carbonyl (C=O) groups is 4. The lowest BCUT2D eigenvalue weighted by Crippen LogP contribution is -2.50. The molecule has 0 radical (unpaired) electrons. The van der Waals surface area contributed by atoms with Crippen LogP contribution in [0.25, 0.3) is 11.1 Å². The van der Waals surface area contributed by atoms with Gasteiger partial charge >= 0.3 is 12.1 Å². The highest BCUT2D eigenvalue weighted by Crippen LogP contribution is 2.44. The number of carbonyl (C=O) groups excluding carboxylic acids is 3. The Morgan fingerprint density at radius 1 is 1.00 bits per heavy atom. The summed E-state index contributed by atoms with van der Waals surface area (Å²) in [6.45, 7) is 3.34. The molecule has 1 unspecified atom stereocenters. The zero-order valence-corrected chi connectivity index (χ0v) is 17.9. The number of alkyl carbamates (subject to hydrolysis) is 1. The van der Waals surface area contributed by atoms with Gasteiger partial charge < -0.3 is 25.8 Å². The number of fused-ring (bicyclic) bond motifs is 3. The van der Waals surface area contributed by atoms with Crippen molar-refractivity contribution in [2.45, 2.75) is 18.4 Å². The van der Waals surface area contributed by atoms with E-state index in [0.717, 1.165) is 22.3 Å². The number of amides is 3. The molecule has 0 bridgehead atoms. The van der Waals surface area contributed by atoms with Crippen molar-refractivity contribution in [1.29, 1.82) is 0 Å². The van der Waals surface area contributed by atoms with Crippen LogP contribution in [-0.4, -0.2) is 54.7 Å². The molecule has 0 aromatic heterocycles. The van der Waals surface area contributed by atoms with Gasteiger partial charge in [0.25, 0.3) is 0 Å². The topological polar surface area (TPSA) is 134 Å². The minimum atomic E-state index is -1.40. The smallest absolute Gasteiger partial charge is 0.407 e. The fourth-order valence-electron chi connectivity index (χ4n) is 3.71. The molecule has 0 heterocycles. The molecule has 33 heavy (non-hydrogen) atoms. The molecule has 3 amide bonds. The van der Waals surface area contributed by atoms with E-state index in [9.17, 15) is 19.2 Å². The van der Waals surface area contributed by atoms with Crippen LogP contribution in [-0.2, 0) is 19.1 Å². The summed E-state index contributed by atoms with van der Waals surface area (Å²) in [5.41, 5.74) is 4.19. The van der Waals surface area contributed by atoms with Crippen LogP contribution in [0.2, 0.25) is 0 Å². The van der Waals surface area contributed by atoms with Crippen molar-refractivity contribution in [2.75, 3.05) is 19.7 Å². The van der Waals surface area contributed by atoms with Crippen LogP contribution < -0.4 is 16.0 Å². The van der Waals surface area contributed by atoms with Gasteiger partial charge in [-0.2, -0.15) is 0 Å². The molecule has 0 aliphatic heterocycles. The molecule has 3 rings (SSSR count). The average molecular weight is 451 g/mol. The third-order valence-corrected chi connectivity index (χ3v) is 5.20. The van der Waals surface area contributed by atoms with Gasteiger partial charge in [0, 0.05) is 12.5 Å². The molecular formula is C24H25N3O6. The van der Waals surface area contributed by atoms with Gasteiger partial charge in [-0.25, -0.2) is 4.79 Å². The predicted molar refractivity (Wildman–Crippen MR) is 120 cm³/mol. The lowest BCUT2D eigenvalue weighted by atomic mass is 9.98. The number of hydrogen-bond donors (Lipinski definition) is 4. The number of hydrogen-bond acceptors (Lipinski definition) is 5. The molecule has 0 saturated carbocycles. The van der Waals surface area contributed by atoms with E-state index in [1.807, 2.05) is 48.5 Å². The summed E-state index contributed by atoms with van der Waals surface area (Å²) in [6.07, 6.45) is -0.106. The number of benzene rings is 2. The summed E-state index contributed by atoms with van der Waals surface area (Å²) >= 11 is 0. The van der Waals surface area contributed by atoms with Gasteiger partial charge in [0.15, 0.2) is 0 Å². The average Bonchev–Trinajstić information content (AvgIpc) is 3.13. The highest BCUT2D eigenvalue weighted by atomic mass is 16.5. The molecule has 172 valence electrons. The van der Waals surface area contributed by atoms with E-state index in [1.54, 1.807) is 0 Å². The minimum absolute atomic E-state index is 0.0191. The number of nitrogens with one attached hydrogen (secondary N) is 3. The molecule has 4 N–H and O–H groups in total. The van der Waals surface area contributed by atoms with E-state index < -0.39 is 36.3 Å². The number of aliphatic carboxylic acids is 1. The summed E-state index contributed by atoms with van der Waals surface area (Å²) < 4.78 is 5.37. The number of carboxylic acids is 1. The van der Waals surface area contributed by atoms with Crippen molar-refractivity contribution >= 4 is 23.9 Å². The molecule has 2 aromatic rings. The van der Waals surface area contributed by atoms with Crippen LogP contribution in [0.4, 0.5) is 4.79 Å². The van der Waals surface area contributed by atoms with E-state index in [0.29, 0.717) is 0 Å². The Kier molecular flexibility index (Phi) is 7.80. The Hall–Kier alpha value is -4.14. The highest BCUT2D eigenvalue weighted by molar-refractivity contribution is 5.92. The number of rotatable bonds is 10. The molecule has 1 aliphatic carbocycles. The van der Waals surface area contributed by atoms with Crippen LogP contribution >= 0.6 is 0 Å². The molecule has 1 aliphatic rings. The lowest BCUT2D eigenvalue weighted by Gasteiger charge is -2.18. The number of carboxylic acid groups (broad SMARTS) is 1. The Balaban J connectivity index is 1.60. The SMILES string of the molecule is C=CCNC(=O)CNC(=O)C(CC(=O)O)NC(=O)OCC1c2ccccc2-c2ccccc21. The quantitative estimate of drug-likeness (QED) is 0.407. The Labute approximate surface area is 190 Å². The van der Waals surface area contributed by atoms with Gasteiger partial charge in [0.2, 0.25) is 11.8 Å². The first-order valence-electron chi connectivity index (χ1n) is 10.4. The summed E-state index contributed by atoms with van der Waals surface area (Å²) in [7, 11) is 0. The van der Waals surface area contributed by atoms with Crippen molar-refractivity contribution in [3.8, 4) is 11.1 Å². The normalized spacial score (nSPS) is 12.6. The van der Waals surface area contributed by atoms with Gasteiger partial charge in [0.05, 0.1) is 13.0 Å².